The number of rotatable bonds is 70. The van der Waals surface area contributed by atoms with E-state index in [0.717, 1.165) is 148 Å². The number of unbranched alkanes of at least 4 members (excludes halogenated alkanes) is 36. The average molecular weight is 1350 g/mol. The summed E-state index contributed by atoms with van der Waals surface area (Å²) in [6.07, 6.45) is 61.2. The van der Waals surface area contributed by atoms with E-state index in [1.165, 1.54) is 109 Å². The second kappa shape index (κ2) is 66.6. The molecule has 92 heavy (non-hydrogen) atoms. The third-order valence-electron chi connectivity index (χ3n) is 15.8. The average Bonchev–Trinajstić information content (AvgIpc) is 2.39. The second-order valence-electron chi connectivity index (χ2n) is 24.9. The summed E-state index contributed by atoms with van der Waals surface area (Å²) < 4.78 is 68.3. The van der Waals surface area contributed by atoms with Gasteiger partial charge in [0.2, 0.25) is 0 Å². The monoisotopic (exact) mass is 1340 g/mol. The van der Waals surface area contributed by atoms with Crippen LogP contribution >= 0.6 is 15.6 Å². The van der Waals surface area contributed by atoms with Crippen LogP contribution in [0.5, 0.6) is 0 Å². The highest BCUT2D eigenvalue weighted by Crippen LogP contribution is 2.45. The van der Waals surface area contributed by atoms with E-state index in [1.54, 1.807) is 0 Å². The largest absolute Gasteiger partial charge is 0.472 e. The quantitative estimate of drug-likeness (QED) is 0.0169. The number of aliphatic hydroxyl groups is 1. The standard InChI is InChI=1S/C73H134O17P2/c1-5-9-13-17-21-25-29-31-33-35-39-42-46-50-54-58-71(76)84-64-69(90-73(78)60-56-52-48-44-40-36-34-32-30-26-22-18-14-10-6-2)66-88-92(81,82)86-62-67(74)61-85-91(79,80)87-65-68(89-72(77)59-55-51-47-43-38-28-24-20-16-12-8-4)63-83-70(75)57-53-49-45-41-37-27-23-19-15-11-7-3/h19-21,23-25,31,33,67-69,74H,5-18,22,26-30,32,34-66H2,1-4H3,(H,79,80)(H,81,82)/b23-19-,24-20-,25-21-,33-31-. The van der Waals surface area contributed by atoms with Crippen molar-refractivity contribution in [2.24, 2.45) is 0 Å². The van der Waals surface area contributed by atoms with Gasteiger partial charge in [-0.1, -0.05) is 263 Å². The van der Waals surface area contributed by atoms with Gasteiger partial charge in [-0.25, -0.2) is 9.13 Å². The molecule has 0 spiro atoms. The summed E-state index contributed by atoms with van der Waals surface area (Å²) in [6.45, 7) is 4.78. The predicted octanol–water partition coefficient (Wildman–Crippen LogP) is 20.6. The van der Waals surface area contributed by atoms with Crippen LogP contribution in [0.1, 0.15) is 336 Å². The molecule has 0 amide bonds. The van der Waals surface area contributed by atoms with Crippen molar-refractivity contribution in [3.05, 3.63) is 48.6 Å². The lowest BCUT2D eigenvalue weighted by Gasteiger charge is -2.21. The lowest BCUT2D eigenvalue weighted by molar-refractivity contribution is -0.161. The molecule has 0 aromatic rings. The molecule has 0 heterocycles. The Morgan fingerprint density at radius 3 is 0.870 bits per heavy atom. The lowest BCUT2D eigenvalue weighted by atomic mass is 10.0. The third kappa shape index (κ3) is 65.7. The second-order valence-corrected chi connectivity index (χ2v) is 27.8. The Morgan fingerprint density at radius 1 is 0.304 bits per heavy atom. The summed E-state index contributed by atoms with van der Waals surface area (Å²) >= 11 is 0. The molecule has 0 aliphatic carbocycles. The van der Waals surface area contributed by atoms with Crippen molar-refractivity contribution < 1.29 is 80.2 Å². The molecular formula is C73H134O17P2. The first-order valence-corrected chi connectivity index (χ1v) is 39.9. The van der Waals surface area contributed by atoms with Crippen LogP contribution in [0.25, 0.3) is 0 Å². The fourth-order valence-electron chi connectivity index (χ4n) is 10.0. The first kappa shape index (κ1) is 89.0. The summed E-state index contributed by atoms with van der Waals surface area (Å²) in [6, 6.07) is 0. The van der Waals surface area contributed by atoms with E-state index in [0.29, 0.717) is 25.7 Å². The van der Waals surface area contributed by atoms with Gasteiger partial charge in [0.1, 0.15) is 19.3 Å². The Kier molecular flexibility index (Phi) is 64.5. The normalized spacial score (nSPS) is 14.3. The van der Waals surface area contributed by atoms with E-state index >= 15 is 0 Å². The van der Waals surface area contributed by atoms with Crippen LogP contribution < -0.4 is 0 Å². The number of hydrogen-bond acceptors (Lipinski definition) is 15. The SMILES string of the molecule is CCCC/C=C\CCCCCCCC(=O)OCC(COP(=O)(O)OCC(O)COP(=O)(O)OCC(COC(=O)CCCCCCC/C=C\C/C=C\CCCCC)OC(=O)CCCCCCCCCCCCCCCCC)OC(=O)CCCCCCC/C=C\CCCC. The highest BCUT2D eigenvalue weighted by molar-refractivity contribution is 7.47. The highest BCUT2D eigenvalue weighted by Gasteiger charge is 2.30. The van der Waals surface area contributed by atoms with Gasteiger partial charge in [0.05, 0.1) is 26.4 Å². The molecule has 0 saturated heterocycles. The zero-order chi connectivity index (χ0) is 67.5. The summed E-state index contributed by atoms with van der Waals surface area (Å²) in [7, 11) is -9.93. The maximum Gasteiger partial charge on any atom is 0.472 e. The molecule has 0 aromatic carbocycles. The molecule has 538 valence electrons. The van der Waals surface area contributed by atoms with Gasteiger partial charge in [-0.05, 0) is 96.3 Å². The number of aliphatic hydroxyl groups excluding tert-OH is 1. The fraction of sp³-hybridized carbons (Fsp3) is 0.836. The number of phosphoric acid groups is 2. The molecule has 0 saturated carbocycles. The van der Waals surface area contributed by atoms with E-state index in [9.17, 15) is 43.2 Å². The number of ether oxygens (including phenoxy) is 4. The maximum absolute atomic E-state index is 13.0. The van der Waals surface area contributed by atoms with Crippen LogP contribution in [-0.4, -0.2) is 96.7 Å². The fourth-order valence-corrected chi connectivity index (χ4v) is 11.6. The zero-order valence-electron chi connectivity index (χ0n) is 58.5. The maximum atomic E-state index is 13.0. The Labute approximate surface area is 559 Å². The van der Waals surface area contributed by atoms with Crippen LogP contribution in [0.4, 0.5) is 0 Å². The molecule has 17 nitrogen and oxygen atoms in total. The number of esters is 4. The van der Waals surface area contributed by atoms with Crippen LogP contribution in [0.3, 0.4) is 0 Å². The first-order valence-electron chi connectivity index (χ1n) is 36.9. The first-order chi connectivity index (χ1) is 44.7. The van der Waals surface area contributed by atoms with Gasteiger partial charge in [-0.15, -0.1) is 0 Å². The minimum Gasteiger partial charge on any atom is -0.462 e. The molecule has 3 N–H and O–H groups in total. The molecule has 0 rings (SSSR count). The van der Waals surface area contributed by atoms with Crippen molar-refractivity contribution in [2.75, 3.05) is 39.6 Å². The van der Waals surface area contributed by atoms with Crippen molar-refractivity contribution in [3.63, 3.8) is 0 Å². The zero-order valence-corrected chi connectivity index (χ0v) is 60.3. The van der Waals surface area contributed by atoms with Crippen molar-refractivity contribution in [3.8, 4) is 0 Å². The Bertz CT molecular complexity index is 1940. The Hall–Kier alpha value is -2.98. The molecule has 0 aliphatic heterocycles. The van der Waals surface area contributed by atoms with Gasteiger partial charge >= 0.3 is 39.5 Å². The molecule has 0 radical (unpaired) electrons. The molecule has 0 bridgehead atoms. The summed E-state index contributed by atoms with van der Waals surface area (Å²) in [5.74, 6) is -2.18. The van der Waals surface area contributed by atoms with Crippen LogP contribution in [-0.2, 0) is 65.4 Å². The van der Waals surface area contributed by atoms with Gasteiger partial charge in [0.15, 0.2) is 12.2 Å². The van der Waals surface area contributed by atoms with Gasteiger partial charge in [0.25, 0.3) is 0 Å². The highest BCUT2D eigenvalue weighted by atomic mass is 31.2. The van der Waals surface area contributed by atoms with Crippen LogP contribution in [0.2, 0.25) is 0 Å². The van der Waals surface area contributed by atoms with Gasteiger partial charge in [-0.2, -0.15) is 0 Å². The number of carbonyl (C=O) groups excluding carboxylic acids is 4. The molecule has 19 heteroatoms. The van der Waals surface area contributed by atoms with Crippen molar-refractivity contribution >= 4 is 39.5 Å². The molecule has 5 unspecified atom stereocenters. The third-order valence-corrected chi connectivity index (χ3v) is 17.7. The predicted molar refractivity (Wildman–Crippen MR) is 372 cm³/mol. The van der Waals surface area contributed by atoms with Crippen LogP contribution in [0.15, 0.2) is 48.6 Å². The Balaban J connectivity index is 5.30. The molecule has 5 atom stereocenters. The van der Waals surface area contributed by atoms with Gasteiger partial charge in [0, 0.05) is 25.7 Å². The molecule has 0 aromatic heterocycles. The topological polar surface area (TPSA) is 237 Å². The summed E-state index contributed by atoms with van der Waals surface area (Å²) in [5.41, 5.74) is 0. The van der Waals surface area contributed by atoms with E-state index in [4.69, 9.17) is 37.0 Å². The smallest absolute Gasteiger partial charge is 0.462 e. The van der Waals surface area contributed by atoms with Crippen molar-refractivity contribution in [1.29, 1.82) is 0 Å². The van der Waals surface area contributed by atoms with E-state index in [1.807, 2.05) is 0 Å². The minimum atomic E-state index is -4.96. The van der Waals surface area contributed by atoms with Crippen molar-refractivity contribution in [1.82, 2.24) is 0 Å². The minimum absolute atomic E-state index is 0.0871. The number of carbonyl (C=O) groups is 4. The van der Waals surface area contributed by atoms with Gasteiger partial charge in [-0.3, -0.25) is 37.3 Å². The number of allylic oxidation sites excluding steroid dienone is 8. The van der Waals surface area contributed by atoms with E-state index < -0.39 is 97.5 Å². The Morgan fingerprint density at radius 2 is 0.543 bits per heavy atom. The number of phosphoric ester groups is 2. The summed E-state index contributed by atoms with van der Waals surface area (Å²) in [4.78, 5) is 72.6. The summed E-state index contributed by atoms with van der Waals surface area (Å²) in [5, 5.41) is 10.6. The van der Waals surface area contributed by atoms with Gasteiger partial charge < -0.3 is 33.8 Å². The van der Waals surface area contributed by atoms with E-state index in [-0.39, 0.29) is 25.7 Å². The van der Waals surface area contributed by atoms with Crippen LogP contribution in [0, 0.1) is 0 Å². The molecular weight excluding hydrogens is 1210 g/mol. The molecule has 0 fully saturated rings. The number of hydrogen-bond donors (Lipinski definition) is 3. The molecule has 0 aliphatic rings. The van der Waals surface area contributed by atoms with Crippen molar-refractivity contribution in [2.45, 2.75) is 354 Å². The lowest BCUT2D eigenvalue weighted by Crippen LogP contribution is -2.30. The van der Waals surface area contributed by atoms with E-state index in [2.05, 4.69) is 76.3 Å².